The quantitative estimate of drug-likeness (QED) is 0.280. The van der Waals surface area contributed by atoms with Crippen molar-refractivity contribution < 1.29 is 9.13 Å². The molecule has 1 aliphatic heterocycles. The first kappa shape index (κ1) is 21.8. The van der Waals surface area contributed by atoms with E-state index >= 15 is 0 Å². The summed E-state index contributed by atoms with van der Waals surface area (Å²) in [5.41, 5.74) is 7.70. The van der Waals surface area contributed by atoms with E-state index < -0.39 is 0 Å². The summed E-state index contributed by atoms with van der Waals surface area (Å²) >= 11 is 0. The molecule has 0 radical (unpaired) electrons. The second-order valence-corrected chi connectivity index (χ2v) is 8.76. The predicted octanol–water partition coefficient (Wildman–Crippen LogP) is 6.52. The maximum atomic E-state index is 14.0. The van der Waals surface area contributed by atoms with Crippen LogP contribution in [0.5, 0.6) is 5.75 Å². The number of rotatable bonds is 3. The first-order valence-corrected chi connectivity index (χ1v) is 11.6. The Balaban J connectivity index is 1.47. The molecule has 0 saturated heterocycles. The molecule has 0 saturated carbocycles. The van der Waals surface area contributed by atoms with Crippen molar-refractivity contribution in [2.24, 2.45) is 0 Å². The maximum Gasteiger partial charge on any atom is 0.160 e. The number of nitrogens with zero attached hydrogens (tertiary/aromatic N) is 4. The van der Waals surface area contributed by atoms with Gasteiger partial charge in [0.05, 0.1) is 17.1 Å². The lowest BCUT2D eigenvalue weighted by Gasteiger charge is -2.14. The molecule has 2 aromatic heterocycles. The summed E-state index contributed by atoms with van der Waals surface area (Å²) in [6.07, 6.45) is 1.77. The molecular formula is C30H21FN4O. The van der Waals surface area contributed by atoms with Gasteiger partial charge in [0.25, 0.3) is 0 Å². The fourth-order valence-corrected chi connectivity index (χ4v) is 4.80. The Bertz CT molecular complexity index is 1700. The van der Waals surface area contributed by atoms with E-state index in [0.29, 0.717) is 17.9 Å². The van der Waals surface area contributed by atoms with Crippen LogP contribution in [0.15, 0.2) is 90.6 Å². The molecule has 0 amide bonds. The van der Waals surface area contributed by atoms with Crippen LogP contribution in [0, 0.1) is 17.1 Å². The largest absolute Gasteiger partial charge is 0.488 e. The average molecular weight is 473 g/mol. The van der Waals surface area contributed by atoms with Gasteiger partial charge in [-0.1, -0.05) is 30.3 Å². The molecule has 36 heavy (non-hydrogen) atoms. The predicted molar refractivity (Wildman–Crippen MR) is 137 cm³/mol. The Morgan fingerprint density at radius 2 is 1.86 bits per heavy atom. The molecule has 1 aliphatic rings. The molecule has 5 aromatic rings. The maximum absolute atomic E-state index is 14.0. The lowest BCUT2D eigenvalue weighted by Crippen LogP contribution is -2.05. The van der Waals surface area contributed by atoms with Crippen LogP contribution in [0.1, 0.15) is 29.2 Å². The van der Waals surface area contributed by atoms with Crippen molar-refractivity contribution in [3.8, 4) is 23.3 Å². The SMILES string of the molecule is C/C(C#N)=C1/c2ccc(Cn3c(-c4ccccn4)nc4ccccc43)cc2COc2cc(F)ccc21. The summed E-state index contributed by atoms with van der Waals surface area (Å²) in [6.45, 7) is 2.64. The van der Waals surface area contributed by atoms with Gasteiger partial charge >= 0.3 is 0 Å². The lowest BCUT2D eigenvalue weighted by molar-refractivity contribution is 0.305. The molecule has 3 heterocycles. The van der Waals surface area contributed by atoms with Gasteiger partial charge in [-0.3, -0.25) is 4.98 Å². The van der Waals surface area contributed by atoms with E-state index in [1.807, 2.05) is 42.5 Å². The minimum atomic E-state index is -0.372. The van der Waals surface area contributed by atoms with Crippen LogP contribution in [0.25, 0.3) is 28.1 Å². The highest BCUT2D eigenvalue weighted by molar-refractivity contribution is 5.88. The Morgan fingerprint density at radius 1 is 1.03 bits per heavy atom. The molecule has 5 nitrogen and oxygen atoms in total. The van der Waals surface area contributed by atoms with Gasteiger partial charge in [-0.25, -0.2) is 9.37 Å². The van der Waals surface area contributed by atoms with E-state index in [1.165, 1.54) is 12.1 Å². The molecule has 0 bridgehead atoms. The monoisotopic (exact) mass is 472 g/mol. The minimum Gasteiger partial charge on any atom is -0.488 e. The molecule has 0 unspecified atom stereocenters. The van der Waals surface area contributed by atoms with Crippen molar-refractivity contribution in [1.82, 2.24) is 14.5 Å². The van der Waals surface area contributed by atoms with Gasteiger partial charge in [-0.05, 0) is 66.1 Å². The van der Waals surface area contributed by atoms with Gasteiger partial charge in [-0.2, -0.15) is 5.26 Å². The number of hydrogen-bond acceptors (Lipinski definition) is 4. The first-order chi connectivity index (χ1) is 17.6. The number of hydrogen-bond donors (Lipinski definition) is 0. The molecule has 174 valence electrons. The second-order valence-electron chi connectivity index (χ2n) is 8.76. The van der Waals surface area contributed by atoms with E-state index in [1.54, 1.807) is 19.2 Å². The zero-order valence-corrected chi connectivity index (χ0v) is 19.6. The van der Waals surface area contributed by atoms with Crippen molar-refractivity contribution in [2.75, 3.05) is 0 Å². The van der Waals surface area contributed by atoms with Gasteiger partial charge in [0.2, 0.25) is 0 Å². The fourth-order valence-electron chi connectivity index (χ4n) is 4.80. The van der Waals surface area contributed by atoms with Crippen LogP contribution in [-0.2, 0) is 13.2 Å². The topological polar surface area (TPSA) is 63.7 Å². The second kappa shape index (κ2) is 8.79. The summed E-state index contributed by atoms with van der Waals surface area (Å²) in [5.74, 6) is 0.866. The van der Waals surface area contributed by atoms with Crippen LogP contribution in [0.3, 0.4) is 0 Å². The molecule has 0 aliphatic carbocycles. The Labute approximate surface area is 207 Å². The van der Waals surface area contributed by atoms with Gasteiger partial charge in [0, 0.05) is 35.5 Å². The standard InChI is InChI=1S/C30H21FN4O/c1-19(16-32)29-23-11-9-20(14-21(23)18-36-28-15-22(31)10-12-24(28)29)17-35-27-8-3-2-6-25(27)34-30(35)26-7-4-5-13-33-26/h2-15H,17-18H2,1H3/b29-19+. The van der Waals surface area contributed by atoms with Crippen LogP contribution in [-0.4, -0.2) is 14.5 Å². The first-order valence-electron chi connectivity index (χ1n) is 11.6. The number of ether oxygens (including phenoxy) is 1. The molecule has 0 atom stereocenters. The highest BCUT2D eigenvalue weighted by Crippen LogP contribution is 2.39. The van der Waals surface area contributed by atoms with Gasteiger partial charge in [0.1, 0.15) is 23.9 Å². The lowest BCUT2D eigenvalue weighted by atomic mass is 9.90. The third kappa shape index (κ3) is 3.71. The van der Waals surface area contributed by atoms with Gasteiger partial charge in [0.15, 0.2) is 5.82 Å². The number of imidazole rings is 1. The third-order valence-electron chi connectivity index (χ3n) is 6.47. The van der Waals surface area contributed by atoms with Crippen LogP contribution in [0.4, 0.5) is 4.39 Å². The molecule has 0 spiro atoms. The summed E-state index contributed by atoms with van der Waals surface area (Å²) in [5, 5.41) is 9.71. The highest BCUT2D eigenvalue weighted by atomic mass is 19.1. The minimum absolute atomic E-state index is 0.277. The molecule has 3 aromatic carbocycles. The molecule has 0 N–H and O–H groups in total. The van der Waals surface area contributed by atoms with E-state index in [-0.39, 0.29) is 12.4 Å². The number of nitriles is 1. The smallest absolute Gasteiger partial charge is 0.160 e. The summed E-state index contributed by atoms with van der Waals surface area (Å²) in [4.78, 5) is 9.39. The zero-order valence-electron chi connectivity index (χ0n) is 19.6. The summed E-state index contributed by atoms with van der Waals surface area (Å²) in [7, 11) is 0. The van der Waals surface area contributed by atoms with E-state index in [0.717, 1.165) is 50.4 Å². The van der Waals surface area contributed by atoms with Gasteiger partial charge in [-0.15, -0.1) is 0 Å². The Morgan fingerprint density at radius 3 is 2.69 bits per heavy atom. The number of halogens is 1. The Hall–Kier alpha value is -4.76. The Kier molecular flexibility index (Phi) is 5.31. The fraction of sp³-hybridized carbons (Fsp3) is 0.100. The third-order valence-corrected chi connectivity index (χ3v) is 6.47. The van der Waals surface area contributed by atoms with E-state index in [2.05, 4.69) is 33.8 Å². The van der Waals surface area contributed by atoms with Crippen molar-refractivity contribution in [1.29, 1.82) is 5.26 Å². The van der Waals surface area contributed by atoms with Crippen molar-refractivity contribution in [2.45, 2.75) is 20.1 Å². The summed E-state index contributed by atoms with van der Waals surface area (Å²) < 4.78 is 22.2. The average Bonchev–Trinajstić information content (AvgIpc) is 3.19. The van der Waals surface area contributed by atoms with E-state index in [4.69, 9.17) is 9.72 Å². The van der Waals surface area contributed by atoms with Crippen molar-refractivity contribution >= 4 is 16.6 Å². The van der Waals surface area contributed by atoms with Crippen molar-refractivity contribution in [3.63, 3.8) is 0 Å². The highest BCUT2D eigenvalue weighted by Gasteiger charge is 2.23. The normalized spacial score (nSPS) is 13.8. The molecule has 0 fully saturated rings. The number of benzene rings is 3. The van der Waals surface area contributed by atoms with E-state index in [9.17, 15) is 9.65 Å². The van der Waals surface area contributed by atoms with Gasteiger partial charge < -0.3 is 9.30 Å². The van der Waals surface area contributed by atoms with Crippen LogP contribution in [0.2, 0.25) is 0 Å². The number of pyridine rings is 1. The number of para-hydroxylation sites is 2. The molecule has 6 rings (SSSR count). The van der Waals surface area contributed by atoms with Crippen LogP contribution < -0.4 is 4.74 Å². The summed E-state index contributed by atoms with van der Waals surface area (Å²) in [6, 6.07) is 26.8. The number of aromatic nitrogens is 3. The number of allylic oxidation sites excluding steroid dienone is 1. The number of fused-ring (bicyclic) bond motifs is 3. The molecule has 6 heteroatoms. The van der Waals surface area contributed by atoms with Crippen LogP contribution >= 0.6 is 0 Å². The van der Waals surface area contributed by atoms with Crippen molar-refractivity contribution in [3.05, 3.63) is 119 Å². The molecular weight excluding hydrogens is 451 g/mol. The zero-order chi connectivity index (χ0) is 24.6.